The summed E-state index contributed by atoms with van der Waals surface area (Å²) in [5, 5.41) is 5.99. The Morgan fingerprint density at radius 3 is 2.14 bits per heavy atom. The molecule has 36 heavy (non-hydrogen) atoms. The Morgan fingerprint density at radius 2 is 1.53 bits per heavy atom. The first-order valence-electron chi connectivity index (χ1n) is 12.9. The van der Waals surface area contributed by atoms with Crippen molar-refractivity contribution in [2.75, 3.05) is 29.9 Å². The number of hydrogen-bond acceptors (Lipinski definition) is 3. The molecule has 1 heterocycles. The summed E-state index contributed by atoms with van der Waals surface area (Å²) in [6.45, 7) is 10.9. The summed E-state index contributed by atoms with van der Waals surface area (Å²) < 4.78 is 0. The molecule has 0 saturated carbocycles. The van der Waals surface area contributed by atoms with Crippen molar-refractivity contribution >= 4 is 23.2 Å². The number of amides is 2. The number of hydrogen-bond donors (Lipinski definition) is 2. The standard InChI is InChI=1S/C31H37N3O2/c1-5-32-29(35)23-18-20-34(21-19-23)26-16-14-25(15-17-26)33-30(36)28-9-7-6-8-27(28)22-10-12-24(13-11-22)31(2,3)4/h6-17,23H,5,18-21H2,1-4H3,(H,32,35)(H,33,36). The zero-order valence-corrected chi connectivity index (χ0v) is 21.8. The second-order valence-electron chi connectivity index (χ2n) is 10.5. The maximum absolute atomic E-state index is 13.2. The number of nitrogens with zero attached hydrogens (tertiary/aromatic N) is 1. The highest BCUT2D eigenvalue weighted by molar-refractivity contribution is 6.08. The molecule has 0 aromatic heterocycles. The summed E-state index contributed by atoms with van der Waals surface area (Å²) in [5.41, 5.74) is 5.82. The lowest BCUT2D eigenvalue weighted by atomic mass is 9.86. The Bertz CT molecular complexity index is 1190. The molecule has 3 aromatic rings. The van der Waals surface area contributed by atoms with Crippen LogP contribution in [0.5, 0.6) is 0 Å². The van der Waals surface area contributed by atoms with Gasteiger partial charge in [-0.15, -0.1) is 0 Å². The predicted molar refractivity (Wildman–Crippen MR) is 149 cm³/mol. The molecule has 2 amide bonds. The molecule has 0 aliphatic carbocycles. The van der Waals surface area contributed by atoms with Crippen LogP contribution >= 0.6 is 0 Å². The van der Waals surface area contributed by atoms with Gasteiger partial charge in [0.1, 0.15) is 0 Å². The molecular formula is C31H37N3O2. The van der Waals surface area contributed by atoms with Gasteiger partial charge < -0.3 is 15.5 Å². The van der Waals surface area contributed by atoms with E-state index in [4.69, 9.17) is 0 Å². The SMILES string of the molecule is CCNC(=O)C1CCN(c2ccc(NC(=O)c3ccccc3-c3ccc(C(C)(C)C)cc3)cc2)CC1. The van der Waals surface area contributed by atoms with E-state index in [2.05, 4.69) is 60.6 Å². The van der Waals surface area contributed by atoms with Crippen molar-refractivity contribution in [2.24, 2.45) is 5.92 Å². The molecular weight excluding hydrogens is 446 g/mol. The fourth-order valence-corrected chi connectivity index (χ4v) is 4.76. The van der Waals surface area contributed by atoms with Crippen molar-refractivity contribution < 1.29 is 9.59 Å². The van der Waals surface area contributed by atoms with Gasteiger partial charge in [0.15, 0.2) is 0 Å². The maximum atomic E-state index is 13.2. The zero-order valence-electron chi connectivity index (χ0n) is 21.8. The van der Waals surface area contributed by atoms with Gasteiger partial charge >= 0.3 is 0 Å². The highest BCUT2D eigenvalue weighted by atomic mass is 16.2. The fraction of sp³-hybridized carbons (Fsp3) is 0.355. The Balaban J connectivity index is 1.42. The van der Waals surface area contributed by atoms with Gasteiger partial charge in [0, 0.05) is 42.5 Å². The second kappa shape index (κ2) is 11.0. The van der Waals surface area contributed by atoms with Crippen LogP contribution in [0.25, 0.3) is 11.1 Å². The highest BCUT2D eigenvalue weighted by Gasteiger charge is 2.24. The number of piperidine rings is 1. The summed E-state index contributed by atoms with van der Waals surface area (Å²) in [6.07, 6.45) is 1.72. The largest absolute Gasteiger partial charge is 0.371 e. The molecule has 1 fully saturated rings. The molecule has 1 saturated heterocycles. The Labute approximate surface area is 214 Å². The lowest BCUT2D eigenvalue weighted by Gasteiger charge is -2.33. The predicted octanol–water partition coefficient (Wildman–Crippen LogP) is 6.26. The molecule has 1 aliphatic heterocycles. The number of carbonyl (C=O) groups excluding carboxylic acids is 2. The van der Waals surface area contributed by atoms with Crippen molar-refractivity contribution in [3.63, 3.8) is 0 Å². The van der Waals surface area contributed by atoms with Crippen molar-refractivity contribution in [1.29, 1.82) is 0 Å². The third kappa shape index (κ3) is 5.96. The molecule has 0 atom stereocenters. The van der Waals surface area contributed by atoms with Gasteiger partial charge in [-0.25, -0.2) is 0 Å². The molecule has 4 rings (SSSR count). The molecule has 188 valence electrons. The van der Waals surface area contributed by atoms with Crippen molar-refractivity contribution in [3.05, 3.63) is 83.9 Å². The smallest absolute Gasteiger partial charge is 0.256 e. The second-order valence-corrected chi connectivity index (χ2v) is 10.5. The van der Waals surface area contributed by atoms with E-state index in [1.165, 1.54) is 5.56 Å². The molecule has 0 radical (unpaired) electrons. The molecule has 1 aliphatic rings. The van der Waals surface area contributed by atoms with Crippen LogP contribution < -0.4 is 15.5 Å². The minimum atomic E-state index is -0.124. The van der Waals surface area contributed by atoms with Gasteiger partial charge in [0.25, 0.3) is 5.91 Å². The first-order chi connectivity index (χ1) is 17.3. The molecule has 0 unspecified atom stereocenters. The Kier molecular flexibility index (Phi) is 7.78. The number of rotatable bonds is 6. The van der Waals surface area contributed by atoms with Gasteiger partial charge in [-0.2, -0.15) is 0 Å². The monoisotopic (exact) mass is 483 g/mol. The molecule has 0 bridgehead atoms. The van der Waals surface area contributed by atoms with Gasteiger partial charge in [0.2, 0.25) is 5.91 Å². The highest BCUT2D eigenvalue weighted by Crippen LogP contribution is 2.29. The average molecular weight is 484 g/mol. The average Bonchev–Trinajstić information content (AvgIpc) is 2.89. The van der Waals surface area contributed by atoms with Crippen molar-refractivity contribution in [2.45, 2.75) is 46.0 Å². The van der Waals surface area contributed by atoms with Gasteiger partial charge in [-0.1, -0.05) is 63.2 Å². The van der Waals surface area contributed by atoms with E-state index in [1.54, 1.807) is 0 Å². The maximum Gasteiger partial charge on any atom is 0.256 e. The summed E-state index contributed by atoms with van der Waals surface area (Å²) >= 11 is 0. The molecule has 2 N–H and O–H groups in total. The third-order valence-electron chi connectivity index (χ3n) is 6.94. The van der Waals surface area contributed by atoms with E-state index in [9.17, 15) is 9.59 Å². The van der Waals surface area contributed by atoms with Crippen molar-refractivity contribution in [1.82, 2.24) is 5.32 Å². The van der Waals surface area contributed by atoms with Crippen LogP contribution in [-0.4, -0.2) is 31.4 Å². The van der Waals surface area contributed by atoms with Crippen LogP contribution in [0.2, 0.25) is 0 Å². The topological polar surface area (TPSA) is 61.4 Å². The molecule has 5 heteroatoms. The van der Waals surface area contributed by atoms with Crippen LogP contribution in [0, 0.1) is 5.92 Å². The van der Waals surface area contributed by atoms with E-state index >= 15 is 0 Å². The van der Waals surface area contributed by atoms with E-state index < -0.39 is 0 Å². The quantitative estimate of drug-likeness (QED) is 0.435. The molecule has 3 aromatic carbocycles. The van der Waals surface area contributed by atoms with Crippen LogP contribution in [-0.2, 0) is 10.2 Å². The zero-order chi connectivity index (χ0) is 25.7. The van der Waals surface area contributed by atoms with Crippen LogP contribution in [0.15, 0.2) is 72.8 Å². The normalized spacial score (nSPS) is 14.4. The number of carbonyl (C=O) groups is 2. The number of anilines is 2. The minimum Gasteiger partial charge on any atom is -0.371 e. The summed E-state index contributed by atoms with van der Waals surface area (Å²) in [6, 6.07) is 24.2. The fourth-order valence-electron chi connectivity index (χ4n) is 4.76. The molecule has 0 spiro atoms. The third-order valence-corrected chi connectivity index (χ3v) is 6.94. The lowest BCUT2D eigenvalue weighted by Crippen LogP contribution is -2.40. The Hall–Kier alpha value is -3.60. The van der Waals surface area contributed by atoms with E-state index in [0.717, 1.165) is 48.4 Å². The number of benzene rings is 3. The van der Waals surface area contributed by atoms with Crippen molar-refractivity contribution in [3.8, 4) is 11.1 Å². The van der Waals surface area contributed by atoms with E-state index in [0.29, 0.717) is 12.1 Å². The van der Waals surface area contributed by atoms with Gasteiger partial charge in [-0.05, 0) is 72.2 Å². The Morgan fingerprint density at radius 1 is 0.889 bits per heavy atom. The summed E-state index contributed by atoms with van der Waals surface area (Å²) in [4.78, 5) is 27.6. The number of nitrogens with one attached hydrogen (secondary N) is 2. The van der Waals surface area contributed by atoms with Crippen LogP contribution in [0.1, 0.15) is 56.5 Å². The van der Waals surface area contributed by atoms with Gasteiger partial charge in [0.05, 0.1) is 0 Å². The molecule has 5 nitrogen and oxygen atoms in total. The van der Waals surface area contributed by atoms with Crippen LogP contribution in [0.3, 0.4) is 0 Å². The van der Waals surface area contributed by atoms with Gasteiger partial charge in [-0.3, -0.25) is 9.59 Å². The van der Waals surface area contributed by atoms with Crippen LogP contribution in [0.4, 0.5) is 11.4 Å². The summed E-state index contributed by atoms with van der Waals surface area (Å²) in [5.74, 6) is 0.145. The van der Waals surface area contributed by atoms with E-state index in [-0.39, 0.29) is 23.1 Å². The first-order valence-corrected chi connectivity index (χ1v) is 12.9. The first kappa shape index (κ1) is 25.5. The van der Waals surface area contributed by atoms with E-state index in [1.807, 2.05) is 55.5 Å². The lowest BCUT2D eigenvalue weighted by molar-refractivity contribution is -0.125. The minimum absolute atomic E-state index is 0.0845. The summed E-state index contributed by atoms with van der Waals surface area (Å²) in [7, 11) is 0.